The lowest BCUT2D eigenvalue weighted by Crippen LogP contribution is -2.12. The number of hydrogen-bond donors (Lipinski definition) is 0. The number of pyridine rings is 1. The van der Waals surface area contributed by atoms with E-state index in [9.17, 15) is 8.42 Å². The van der Waals surface area contributed by atoms with Crippen molar-refractivity contribution >= 4 is 21.1 Å². The quantitative estimate of drug-likeness (QED) is 0.686. The van der Waals surface area contributed by atoms with Crippen molar-refractivity contribution in [3.05, 3.63) is 53.9 Å². The molecule has 5 nitrogen and oxygen atoms in total. The summed E-state index contributed by atoms with van der Waals surface area (Å²) >= 11 is 0. The van der Waals surface area contributed by atoms with Gasteiger partial charge in [-0.3, -0.25) is 4.98 Å². The van der Waals surface area contributed by atoms with Gasteiger partial charge in [-0.05, 0) is 41.7 Å². The SMILES string of the molecule is O=S(=O)(c1ccc2c(c1)OCC2)n1cc(CC2CCCC2)c2ncccc21. The lowest BCUT2D eigenvalue weighted by atomic mass is 9.99. The molecule has 6 heteroatoms. The van der Waals surface area contributed by atoms with Crippen LogP contribution in [0, 0.1) is 5.92 Å². The lowest BCUT2D eigenvalue weighted by molar-refractivity contribution is 0.356. The molecule has 1 saturated carbocycles. The molecule has 2 aliphatic rings. The molecule has 0 bridgehead atoms. The maximum absolute atomic E-state index is 13.4. The molecular formula is C21H22N2O3S. The highest BCUT2D eigenvalue weighted by Gasteiger charge is 2.25. The van der Waals surface area contributed by atoms with Gasteiger partial charge in [-0.1, -0.05) is 31.7 Å². The summed E-state index contributed by atoms with van der Waals surface area (Å²) in [6.45, 7) is 0.612. The molecular weight excluding hydrogens is 360 g/mol. The Morgan fingerprint density at radius 3 is 2.89 bits per heavy atom. The predicted molar refractivity (Wildman–Crippen MR) is 104 cm³/mol. The third-order valence-corrected chi connectivity index (χ3v) is 7.48. The van der Waals surface area contributed by atoms with Crippen LogP contribution in [-0.4, -0.2) is 24.0 Å². The number of fused-ring (bicyclic) bond motifs is 2. The van der Waals surface area contributed by atoms with Gasteiger partial charge in [0.25, 0.3) is 10.0 Å². The van der Waals surface area contributed by atoms with Gasteiger partial charge in [0.05, 0.1) is 22.5 Å². The average molecular weight is 382 g/mol. The number of benzene rings is 1. The van der Waals surface area contributed by atoms with Crippen molar-refractivity contribution in [1.82, 2.24) is 8.96 Å². The van der Waals surface area contributed by atoms with Crippen molar-refractivity contribution in [1.29, 1.82) is 0 Å². The second-order valence-corrected chi connectivity index (χ2v) is 9.36. The van der Waals surface area contributed by atoms with Gasteiger partial charge in [-0.15, -0.1) is 0 Å². The normalized spacial score (nSPS) is 17.3. The fourth-order valence-corrected chi connectivity index (χ4v) is 5.78. The Bertz CT molecular complexity index is 1110. The van der Waals surface area contributed by atoms with E-state index in [0.717, 1.165) is 29.5 Å². The van der Waals surface area contributed by atoms with Gasteiger partial charge < -0.3 is 4.74 Å². The summed E-state index contributed by atoms with van der Waals surface area (Å²) in [5.41, 5.74) is 3.53. The molecule has 5 rings (SSSR count). The summed E-state index contributed by atoms with van der Waals surface area (Å²) in [5.74, 6) is 1.30. The zero-order chi connectivity index (χ0) is 18.4. The Labute approximate surface area is 159 Å². The molecule has 0 atom stereocenters. The van der Waals surface area contributed by atoms with Crippen molar-refractivity contribution in [2.24, 2.45) is 5.92 Å². The summed E-state index contributed by atoms with van der Waals surface area (Å²) in [6, 6.07) is 8.82. The molecule has 0 spiro atoms. The van der Waals surface area contributed by atoms with Crippen LogP contribution in [0.3, 0.4) is 0 Å². The molecule has 1 aliphatic carbocycles. The van der Waals surface area contributed by atoms with E-state index in [-0.39, 0.29) is 4.90 Å². The van der Waals surface area contributed by atoms with E-state index in [0.29, 0.717) is 23.8 Å². The van der Waals surface area contributed by atoms with Gasteiger partial charge in [-0.25, -0.2) is 12.4 Å². The first kappa shape index (κ1) is 16.8. The van der Waals surface area contributed by atoms with E-state index < -0.39 is 10.0 Å². The number of ether oxygens (including phenoxy) is 1. The highest BCUT2D eigenvalue weighted by Crippen LogP contribution is 2.33. The molecule has 2 aromatic heterocycles. The first-order chi connectivity index (χ1) is 13.1. The third-order valence-electron chi connectivity index (χ3n) is 5.81. The van der Waals surface area contributed by atoms with Crippen LogP contribution in [0.1, 0.15) is 36.8 Å². The van der Waals surface area contributed by atoms with Crippen LogP contribution < -0.4 is 4.74 Å². The average Bonchev–Trinajstić information content (AvgIpc) is 3.41. The standard InChI is InChI=1S/C21H22N2O3S/c24-27(25,18-8-7-16-9-11-26-20(16)13-18)23-14-17(12-15-4-1-2-5-15)21-19(23)6-3-10-22-21/h3,6-8,10,13-15H,1-2,4-5,9,11-12H2. The van der Waals surface area contributed by atoms with Crippen LogP contribution in [0.4, 0.5) is 0 Å². The van der Waals surface area contributed by atoms with Crippen molar-refractivity contribution in [2.45, 2.75) is 43.4 Å². The van der Waals surface area contributed by atoms with Crippen LogP contribution in [0.25, 0.3) is 11.0 Å². The first-order valence-corrected chi connectivity index (χ1v) is 11.0. The van der Waals surface area contributed by atoms with Gasteiger partial charge in [0.2, 0.25) is 0 Å². The van der Waals surface area contributed by atoms with Gasteiger partial charge in [0, 0.05) is 24.9 Å². The van der Waals surface area contributed by atoms with Gasteiger partial charge in [-0.2, -0.15) is 0 Å². The van der Waals surface area contributed by atoms with Gasteiger partial charge in [0.15, 0.2) is 0 Å². The van der Waals surface area contributed by atoms with Crippen LogP contribution >= 0.6 is 0 Å². The number of rotatable bonds is 4. The highest BCUT2D eigenvalue weighted by molar-refractivity contribution is 7.90. The number of aromatic nitrogens is 2. The minimum atomic E-state index is -3.70. The Kier molecular flexibility index (Phi) is 3.97. The maximum atomic E-state index is 13.4. The van der Waals surface area contributed by atoms with Crippen LogP contribution in [0.5, 0.6) is 5.75 Å². The zero-order valence-electron chi connectivity index (χ0n) is 15.1. The fraction of sp³-hybridized carbons (Fsp3) is 0.381. The molecule has 0 radical (unpaired) electrons. The number of hydrogen-bond acceptors (Lipinski definition) is 4. The van der Waals surface area contributed by atoms with E-state index in [2.05, 4.69) is 4.98 Å². The summed E-state index contributed by atoms with van der Waals surface area (Å²) in [6.07, 6.45) is 10.2. The van der Waals surface area contributed by atoms with Crippen molar-refractivity contribution in [3.8, 4) is 5.75 Å². The second-order valence-electron chi connectivity index (χ2n) is 7.55. The molecule has 3 heterocycles. The molecule has 3 aromatic rings. The van der Waals surface area contributed by atoms with Gasteiger partial charge in [0.1, 0.15) is 5.75 Å². The topological polar surface area (TPSA) is 61.2 Å². The summed E-state index contributed by atoms with van der Waals surface area (Å²) in [5, 5.41) is 0. The van der Waals surface area contributed by atoms with Crippen molar-refractivity contribution < 1.29 is 13.2 Å². The van der Waals surface area contributed by atoms with E-state index in [4.69, 9.17) is 4.74 Å². The van der Waals surface area contributed by atoms with E-state index >= 15 is 0 Å². The van der Waals surface area contributed by atoms with E-state index in [1.54, 1.807) is 30.6 Å². The van der Waals surface area contributed by atoms with Crippen molar-refractivity contribution in [3.63, 3.8) is 0 Å². The highest BCUT2D eigenvalue weighted by atomic mass is 32.2. The summed E-state index contributed by atoms with van der Waals surface area (Å²) < 4.78 is 33.7. The van der Waals surface area contributed by atoms with E-state index in [1.165, 1.54) is 29.7 Å². The Morgan fingerprint density at radius 2 is 2.04 bits per heavy atom. The van der Waals surface area contributed by atoms with Crippen LogP contribution in [0.2, 0.25) is 0 Å². The molecule has 1 aliphatic heterocycles. The first-order valence-electron chi connectivity index (χ1n) is 9.59. The fourth-order valence-electron chi connectivity index (χ4n) is 4.39. The summed E-state index contributed by atoms with van der Waals surface area (Å²) in [4.78, 5) is 4.76. The largest absolute Gasteiger partial charge is 0.493 e. The molecule has 0 unspecified atom stereocenters. The smallest absolute Gasteiger partial charge is 0.268 e. The molecule has 0 saturated heterocycles. The van der Waals surface area contributed by atoms with E-state index in [1.807, 2.05) is 12.1 Å². The molecule has 27 heavy (non-hydrogen) atoms. The Hall–Kier alpha value is -2.34. The van der Waals surface area contributed by atoms with Crippen LogP contribution in [-0.2, 0) is 22.9 Å². The Balaban J connectivity index is 1.61. The second kappa shape index (κ2) is 6.37. The molecule has 140 valence electrons. The minimum Gasteiger partial charge on any atom is -0.493 e. The van der Waals surface area contributed by atoms with Crippen molar-refractivity contribution in [2.75, 3.05) is 6.61 Å². The Morgan fingerprint density at radius 1 is 1.19 bits per heavy atom. The third kappa shape index (κ3) is 2.83. The molecule has 1 fully saturated rings. The monoisotopic (exact) mass is 382 g/mol. The van der Waals surface area contributed by atoms with Crippen LogP contribution in [0.15, 0.2) is 47.6 Å². The summed E-state index contributed by atoms with van der Waals surface area (Å²) in [7, 11) is -3.70. The maximum Gasteiger partial charge on any atom is 0.268 e. The molecule has 0 amide bonds. The predicted octanol–water partition coefficient (Wildman–Crippen LogP) is 3.94. The lowest BCUT2D eigenvalue weighted by Gasteiger charge is -2.09. The molecule has 0 N–H and O–H groups in total. The van der Waals surface area contributed by atoms with Gasteiger partial charge >= 0.3 is 0 Å². The number of nitrogens with zero attached hydrogens (tertiary/aromatic N) is 2. The zero-order valence-corrected chi connectivity index (χ0v) is 15.9. The molecule has 1 aromatic carbocycles. The minimum absolute atomic E-state index is 0.260.